The van der Waals surface area contributed by atoms with E-state index in [1.807, 2.05) is 266 Å². The van der Waals surface area contributed by atoms with Gasteiger partial charge < -0.3 is 29.2 Å². The van der Waals surface area contributed by atoms with Crippen molar-refractivity contribution in [1.29, 1.82) is 0 Å². The monoisotopic (exact) mass is 1350 g/mol. The van der Waals surface area contributed by atoms with Crippen LogP contribution in [0.25, 0.3) is 50.7 Å². The molecule has 0 atom stereocenters. The summed E-state index contributed by atoms with van der Waals surface area (Å²) in [5.41, 5.74) is 23.6. The molecule has 14 rings (SSSR count). The number of carbonyl (C=O) groups is 3. The van der Waals surface area contributed by atoms with E-state index in [-0.39, 0.29) is 17.7 Å². The molecule has 0 aliphatic carbocycles. The number of aromatic nitrogens is 6. The Morgan fingerprint density at radius 1 is 0.379 bits per heavy atom. The Labute approximate surface area is 570 Å². The van der Waals surface area contributed by atoms with Crippen molar-refractivity contribution in [2.24, 2.45) is 0 Å². The lowest BCUT2D eigenvalue weighted by molar-refractivity contribution is 0.101. The zero-order valence-electron chi connectivity index (χ0n) is 53.1. The van der Waals surface area contributed by atoms with Crippen molar-refractivity contribution in [2.75, 3.05) is 16.0 Å². The van der Waals surface area contributed by atoms with Gasteiger partial charge in [-0.3, -0.25) is 14.4 Å². The van der Waals surface area contributed by atoms with Crippen LogP contribution in [-0.4, -0.2) is 45.9 Å². The Hall–Kier alpha value is -10.7. The summed E-state index contributed by atoms with van der Waals surface area (Å²) in [5, 5.41) is 10.4. The van der Waals surface area contributed by atoms with Crippen molar-refractivity contribution in [3.63, 3.8) is 0 Å². The number of amides is 3. The molecule has 8 aromatic carbocycles. The molecule has 0 saturated carbocycles. The SMILES string of the molecule is Cc1ccc(C(=O)Nc2ccc(-c3cn4cccc(C)c4n3)cc2)c(Br)c1.Cc1ccc(C(=O)Nc2ccc(-c3cn4cccc(C)c4n3)cc2)c(Cc2ccc(Cl)cc2)c1.Cc1ccc(C(=O)Nc2ccc(-c3cn4cccc(C)c4n3)cc2)c(Cc2ccc(Cl)cc2)c1. The van der Waals surface area contributed by atoms with Gasteiger partial charge >= 0.3 is 0 Å². The quantitative estimate of drug-likeness (QED) is 0.105. The van der Waals surface area contributed by atoms with Gasteiger partial charge in [-0.25, -0.2) is 15.0 Å². The number of pyridine rings is 3. The van der Waals surface area contributed by atoms with E-state index < -0.39 is 0 Å². The van der Waals surface area contributed by atoms with E-state index in [4.69, 9.17) is 38.2 Å². The number of benzene rings is 8. The van der Waals surface area contributed by atoms with Crippen molar-refractivity contribution in [3.05, 3.63) is 336 Å². The standard InChI is InChI=1S/2C29H24ClN3O.C22H18BrN3O/c2*1-19-5-14-26(23(16-19)17-21-6-10-24(30)11-7-21)29(34)31-25-12-8-22(9-13-25)27-18-33-15-3-4-20(2)28(33)32-27;1-14-5-10-18(19(23)12-14)22(27)24-17-8-6-16(7-9-17)20-13-26-11-3-4-15(2)21(26)25-20/h2*3-16,18H,17H2,1-2H3,(H,31,34);3-13H,1-2H3,(H,24,27). The van der Waals surface area contributed by atoms with E-state index in [1.165, 1.54) is 0 Å². The number of nitrogens with one attached hydrogen (secondary N) is 3. The summed E-state index contributed by atoms with van der Waals surface area (Å²) in [6, 6.07) is 68.5. The van der Waals surface area contributed by atoms with E-state index >= 15 is 0 Å². The van der Waals surface area contributed by atoms with Crippen LogP contribution < -0.4 is 16.0 Å². The molecule has 95 heavy (non-hydrogen) atoms. The molecular formula is C80H66BrCl2N9O3. The van der Waals surface area contributed by atoms with Gasteiger partial charge in [0, 0.05) is 96.6 Å². The number of anilines is 3. The largest absolute Gasteiger partial charge is 0.322 e. The lowest BCUT2D eigenvalue weighted by Crippen LogP contribution is -2.14. The molecule has 3 amide bonds. The van der Waals surface area contributed by atoms with E-state index in [9.17, 15) is 14.4 Å². The van der Waals surface area contributed by atoms with Crippen molar-refractivity contribution in [3.8, 4) is 33.8 Å². The summed E-state index contributed by atoms with van der Waals surface area (Å²) < 4.78 is 6.87. The second kappa shape index (κ2) is 28.7. The van der Waals surface area contributed by atoms with Crippen molar-refractivity contribution in [2.45, 2.75) is 54.4 Å². The molecule has 0 unspecified atom stereocenters. The third kappa shape index (κ3) is 15.5. The number of fused-ring (bicyclic) bond motifs is 3. The van der Waals surface area contributed by atoms with Crippen molar-refractivity contribution >= 4 is 90.9 Å². The van der Waals surface area contributed by atoms with Crippen LogP contribution in [0.4, 0.5) is 17.1 Å². The highest BCUT2D eigenvalue weighted by atomic mass is 79.9. The van der Waals surface area contributed by atoms with Gasteiger partial charge in [0.25, 0.3) is 17.7 Å². The summed E-state index contributed by atoms with van der Waals surface area (Å²) >= 11 is 15.5. The predicted octanol–water partition coefficient (Wildman–Crippen LogP) is 19.9. The van der Waals surface area contributed by atoms with Gasteiger partial charge in [0.2, 0.25) is 0 Å². The summed E-state index contributed by atoms with van der Waals surface area (Å²) in [7, 11) is 0. The lowest BCUT2D eigenvalue weighted by Gasteiger charge is -2.12. The van der Waals surface area contributed by atoms with Crippen LogP contribution in [0.3, 0.4) is 0 Å². The topological polar surface area (TPSA) is 139 Å². The van der Waals surface area contributed by atoms with Gasteiger partial charge in [-0.2, -0.15) is 0 Å². The summed E-state index contributed by atoms with van der Waals surface area (Å²) in [6.45, 7) is 12.2. The predicted molar refractivity (Wildman–Crippen MR) is 390 cm³/mol. The fraction of sp³-hybridized carbons (Fsp3) is 0.100. The van der Waals surface area contributed by atoms with Crippen LogP contribution in [0.1, 0.15) is 86.7 Å². The van der Waals surface area contributed by atoms with E-state index in [0.717, 1.165) is 128 Å². The highest BCUT2D eigenvalue weighted by molar-refractivity contribution is 9.10. The van der Waals surface area contributed by atoms with Gasteiger partial charge in [0.1, 0.15) is 16.9 Å². The second-order valence-corrected chi connectivity index (χ2v) is 25.4. The van der Waals surface area contributed by atoms with E-state index in [2.05, 4.69) is 70.0 Å². The third-order valence-electron chi connectivity index (χ3n) is 16.3. The molecule has 0 bridgehead atoms. The van der Waals surface area contributed by atoms with Crippen molar-refractivity contribution in [1.82, 2.24) is 28.2 Å². The second-order valence-electron chi connectivity index (χ2n) is 23.7. The highest BCUT2D eigenvalue weighted by Gasteiger charge is 2.17. The Morgan fingerprint density at radius 2 is 0.684 bits per heavy atom. The number of hydrogen-bond donors (Lipinski definition) is 3. The maximum atomic E-state index is 13.2. The van der Waals surface area contributed by atoms with Gasteiger partial charge in [-0.05, 0) is 218 Å². The molecule has 0 spiro atoms. The van der Waals surface area contributed by atoms with E-state index in [0.29, 0.717) is 39.6 Å². The molecule has 12 nitrogen and oxygen atoms in total. The van der Waals surface area contributed by atoms with Crippen LogP contribution in [0.2, 0.25) is 10.0 Å². The molecule has 470 valence electrons. The zero-order chi connectivity index (χ0) is 66.3. The molecule has 6 heterocycles. The average Bonchev–Trinajstić information content (AvgIpc) is 1.81. The molecule has 14 aromatic rings. The molecule has 3 N–H and O–H groups in total. The van der Waals surface area contributed by atoms with Crippen LogP contribution in [0.5, 0.6) is 0 Å². The smallest absolute Gasteiger partial charge is 0.256 e. The molecular weight excluding hydrogens is 1290 g/mol. The first kappa shape index (κ1) is 64.4. The number of nitrogens with zero attached hydrogens (tertiary/aromatic N) is 6. The normalized spacial score (nSPS) is 11.0. The molecule has 0 radical (unpaired) electrons. The average molecular weight is 1350 g/mol. The molecule has 0 fully saturated rings. The summed E-state index contributed by atoms with van der Waals surface area (Å²) in [5.74, 6) is -0.391. The van der Waals surface area contributed by atoms with E-state index in [1.54, 1.807) is 0 Å². The highest BCUT2D eigenvalue weighted by Crippen LogP contribution is 2.29. The zero-order valence-corrected chi connectivity index (χ0v) is 56.2. The number of imidazole rings is 3. The fourth-order valence-corrected chi connectivity index (χ4v) is 12.2. The number of rotatable bonds is 13. The Balaban J connectivity index is 0.000000138. The minimum Gasteiger partial charge on any atom is -0.322 e. The van der Waals surface area contributed by atoms with Crippen LogP contribution in [0, 0.1) is 41.5 Å². The minimum atomic E-state index is -0.141. The third-order valence-corrected chi connectivity index (χ3v) is 17.5. The maximum absolute atomic E-state index is 13.2. The Kier molecular flexibility index (Phi) is 19.4. The van der Waals surface area contributed by atoms with Crippen LogP contribution >= 0.6 is 39.1 Å². The first-order valence-corrected chi connectivity index (χ1v) is 32.5. The number of carbonyl (C=O) groups excluding carboxylic acids is 3. The van der Waals surface area contributed by atoms with Gasteiger partial charge in [0.05, 0.1) is 22.6 Å². The Bertz CT molecular complexity index is 4910. The lowest BCUT2D eigenvalue weighted by atomic mass is 9.97. The summed E-state index contributed by atoms with van der Waals surface area (Å²) in [4.78, 5) is 53.0. The van der Waals surface area contributed by atoms with Crippen LogP contribution in [0.15, 0.2) is 254 Å². The molecule has 0 aliphatic heterocycles. The maximum Gasteiger partial charge on any atom is 0.256 e. The van der Waals surface area contributed by atoms with Gasteiger partial charge in [-0.1, -0.05) is 144 Å². The minimum absolute atomic E-state index is 0.125. The fourth-order valence-electron chi connectivity index (χ4n) is 11.3. The van der Waals surface area contributed by atoms with Gasteiger partial charge in [-0.15, -0.1) is 0 Å². The van der Waals surface area contributed by atoms with Crippen molar-refractivity contribution < 1.29 is 14.4 Å². The first-order chi connectivity index (χ1) is 45.9. The molecule has 15 heteroatoms. The molecule has 0 aliphatic rings. The Morgan fingerprint density at radius 3 is 1.00 bits per heavy atom. The summed E-state index contributed by atoms with van der Waals surface area (Å²) in [6.07, 6.45) is 13.4. The number of aryl methyl sites for hydroxylation is 6. The first-order valence-electron chi connectivity index (χ1n) is 31.0. The van der Waals surface area contributed by atoms with Gasteiger partial charge in [0.15, 0.2) is 0 Å². The number of hydrogen-bond acceptors (Lipinski definition) is 6. The molecule has 6 aromatic heterocycles. The molecule has 0 saturated heterocycles. The number of halogens is 3. The van der Waals surface area contributed by atoms with Crippen LogP contribution in [-0.2, 0) is 12.8 Å².